The Labute approximate surface area is 105 Å². The van der Waals surface area contributed by atoms with Crippen molar-refractivity contribution < 1.29 is 14.7 Å². The number of allylic oxidation sites excluding steroid dienone is 2. The summed E-state index contributed by atoms with van der Waals surface area (Å²) in [4.78, 5) is 23.2. The summed E-state index contributed by atoms with van der Waals surface area (Å²) in [6.45, 7) is 0. The zero-order valence-corrected chi connectivity index (χ0v) is 9.87. The molecular weight excluding hydrogens is 230 g/mol. The van der Waals surface area contributed by atoms with Crippen LogP contribution in [0.1, 0.15) is 12.8 Å². The second kappa shape index (κ2) is 5.49. The smallest absolute Gasteiger partial charge is 0.307 e. The Bertz CT molecular complexity index is 467. The molecule has 1 aromatic rings. The zero-order chi connectivity index (χ0) is 13.0. The van der Waals surface area contributed by atoms with Crippen molar-refractivity contribution in [1.29, 1.82) is 0 Å². The van der Waals surface area contributed by atoms with Crippen LogP contribution in [-0.4, -0.2) is 17.0 Å². The highest BCUT2D eigenvalue weighted by Crippen LogP contribution is 2.27. The van der Waals surface area contributed by atoms with Crippen molar-refractivity contribution in [2.75, 3.05) is 5.32 Å². The van der Waals surface area contributed by atoms with Gasteiger partial charge in [0.15, 0.2) is 0 Å². The van der Waals surface area contributed by atoms with Crippen molar-refractivity contribution in [3.8, 4) is 0 Å². The summed E-state index contributed by atoms with van der Waals surface area (Å²) < 4.78 is 0. The van der Waals surface area contributed by atoms with E-state index in [1.165, 1.54) is 0 Å². The molecule has 2 rings (SSSR count). The minimum absolute atomic E-state index is 0.224. The predicted octanol–water partition coefficient (Wildman–Crippen LogP) is 2.29. The fourth-order valence-electron chi connectivity index (χ4n) is 2.13. The topological polar surface area (TPSA) is 66.4 Å². The van der Waals surface area contributed by atoms with Crippen LogP contribution >= 0.6 is 0 Å². The van der Waals surface area contributed by atoms with Gasteiger partial charge in [-0.2, -0.15) is 0 Å². The van der Waals surface area contributed by atoms with Gasteiger partial charge >= 0.3 is 5.97 Å². The fourth-order valence-corrected chi connectivity index (χ4v) is 2.13. The van der Waals surface area contributed by atoms with Gasteiger partial charge in [-0.25, -0.2) is 0 Å². The summed E-state index contributed by atoms with van der Waals surface area (Å²) in [6, 6.07) is 9.08. The monoisotopic (exact) mass is 245 g/mol. The van der Waals surface area contributed by atoms with E-state index in [4.69, 9.17) is 5.11 Å². The van der Waals surface area contributed by atoms with Crippen LogP contribution in [0.15, 0.2) is 42.5 Å². The average molecular weight is 245 g/mol. The Morgan fingerprint density at radius 3 is 2.28 bits per heavy atom. The average Bonchev–Trinajstić information content (AvgIpc) is 2.40. The number of anilines is 1. The van der Waals surface area contributed by atoms with Crippen molar-refractivity contribution in [3.63, 3.8) is 0 Å². The van der Waals surface area contributed by atoms with E-state index in [1.54, 1.807) is 12.1 Å². The maximum Gasteiger partial charge on any atom is 0.307 e. The van der Waals surface area contributed by atoms with Crippen molar-refractivity contribution in [2.45, 2.75) is 12.8 Å². The first-order valence-electron chi connectivity index (χ1n) is 5.92. The van der Waals surface area contributed by atoms with E-state index in [0.29, 0.717) is 18.5 Å². The van der Waals surface area contributed by atoms with Gasteiger partial charge in [0.05, 0.1) is 11.8 Å². The van der Waals surface area contributed by atoms with Crippen LogP contribution in [-0.2, 0) is 9.59 Å². The van der Waals surface area contributed by atoms with Crippen molar-refractivity contribution in [2.24, 2.45) is 11.8 Å². The number of aliphatic carboxylic acids is 1. The first-order valence-corrected chi connectivity index (χ1v) is 5.92. The number of nitrogens with one attached hydrogen (secondary N) is 1. The van der Waals surface area contributed by atoms with E-state index in [9.17, 15) is 9.59 Å². The second-order valence-electron chi connectivity index (χ2n) is 4.35. The fraction of sp³-hybridized carbons (Fsp3) is 0.286. The Kier molecular flexibility index (Phi) is 3.77. The molecule has 2 N–H and O–H groups in total. The van der Waals surface area contributed by atoms with E-state index < -0.39 is 17.8 Å². The number of carbonyl (C=O) groups is 2. The summed E-state index contributed by atoms with van der Waals surface area (Å²) >= 11 is 0. The number of rotatable bonds is 3. The van der Waals surface area contributed by atoms with Gasteiger partial charge in [0.2, 0.25) is 5.91 Å². The summed E-state index contributed by atoms with van der Waals surface area (Å²) in [5, 5.41) is 11.9. The third-order valence-corrected chi connectivity index (χ3v) is 3.13. The SMILES string of the molecule is O=C(Nc1ccccc1)[C@H]1CC=CC[C@H]1C(=O)O. The zero-order valence-electron chi connectivity index (χ0n) is 9.87. The molecule has 2 atom stereocenters. The number of hydrogen-bond donors (Lipinski definition) is 2. The maximum atomic E-state index is 12.1. The molecule has 4 nitrogen and oxygen atoms in total. The molecule has 0 radical (unpaired) electrons. The van der Waals surface area contributed by atoms with Crippen LogP contribution < -0.4 is 5.32 Å². The van der Waals surface area contributed by atoms with Crippen molar-refractivity contribution >= 4 is 17.6 Å². The molecule has 0 bridgehead atoms. The van der Waals surface area contributed by atoms with E-state index >= 15 is 0 Å². The van der Waals surface area contributed by atoms with Gasteiger partial charge < -0.3 is 10.4 Å². The molecule has 1 amide bonds. The quantitative estimate of drug-likeness (QED) is 0.803. The molecule has 0 spiro atoms. The van der Waals surface area contributed by atoms with E-state index in [2.05, 4.69) is 5.32 Å². The highest BCUT2D eigenvalue weighted by molar-refractivity contribution is 5.95. The lowest BCUT2D eigenvalue weighted by molar-refractivity contribution is -0.146. The first-order chi connectivity index (χ1) is 8.68. The molecule has 0 saturated carbocycles. The van der Waals surface area contributed by atoms with Gasteiger partial charge in [0.1, 0.15) is 0 Å². The van der Waals surface area contributed by atoms with Gasteiger partial charge in [0.25, 0.3) is 0 Å². The standard InChI is InChI=1S/C14H15NO3/c16-13(15-10-6-2-1-3-7-10)11-8-4-5-9-12(11)14(17)18/h1-7,11-12H,8-9H2,(H,15,16)(H,17,18)/t11-,12+/m0/s1. The van der Waals surface area contributed by atoms with Crippen LogP contribution in [0, 0.1) is 11.8 Å². The van der Waals surface area contributed by atoms with Gasteiger partial charge in [-0.05, 0) is 25.0 Å². The normalized spacial score (nSPS) is 22.4. The molecule has 0 aliphatic heterocycles. The van der Waals surface area contributed by atoms with Gasteiger partial charge in [-0.3, -0.25) is 9.59 Å². The van der Waals surface area contributed by atoms with Gasteiger partial charge in [-0.15, -0.1) is 0 Å². The maximum absolute atomic E-state index is 12.1. The molecule has 94 valence electrons. The Morgan fingerprint density at radius 2 is 1.67 bits per heavy atom. The molecule has 1 aliphatic rings. The largest absolute Gasteiger partial charge is 0.481 e. The van der Waals surface area contributed by atoms with E-state index in [-0.39, 0.29) is 5.91 Å². The Morgan fingerprint density at radius 1 is 1.06 bits per heavy atom. The molecular formula is C14H15NO3. The highest BCUT2D eigenvalue weighted by atomic mass is 16.4. The lowest BCUT2D eigenvalue weighted by Gasteiger charge is -2.24. The van der Waals surface area contributed by atoms with Crippen molar-refractivity contribution in [3.05, 3.63) is 42.5 Å². The number of carboxylic acids is 1. The molecule has 0 saturated heterocycles. The number of carboxylic acid groups (broad SMARTS) is 1. The third kappa shape index (κ3) is 2.77. The predicted molar refractivity (Wildman–Crippen MR) is 68.1 cm³/mol. The highest BCUT2D eigenvalue weighted by Gasteiger charge is 2.33. The van der Waals surface area contributed by atoms with Crippen LogP contribution in [0.2, 0.25) is 0 Å². The molecule has 0 fully saturated rings. The lowest BCUT2D eigenvalue weighted by atomic mass is 9.82. The second-order valence-corrected chi connectivity index (χ2v) is 4.35. The van der Waals surface area contributed by atoms with Crippen LogP contribution in [0.4, 0.5) is 5.69 Å². The van der Waals surface area contributed by atoms with Gasteiger partial charge in [-0.1, -0.05) is 30.4 Å². The number of carbonyl (C=O) groups excluding carboxylic acids is 1. The third-order valence-electron chi connectivity index (χ3n) is 3.13. The molecule has 18 heavy (non-hydrogen) atoms. The summed E-state index contributed by atoms with van der Waals surface area (Å²) in [6.07, 6.45) is 4.59. The minimum Gasteiger partial charge on any atom is -0.481 e. The van der Waals surface area contributed by atoms with Crippen LogP contribution in [0.5, 0.6) is 0 Å². The summed E-state index contributed by atoms with van der Waals surface area (Å²) in [5.41, 5.74) is 0.696. The summed E-state index contributed by atoms with van der Waals surface area (Å²) in [7, 11) is 0. The Balaban J connectivity index is 2.08. The van der Waals surface area contributed by atoms with Crippen LogP contribution in [0.3, 0.4) is 0 Å². The number of benzene rings is 1. The van der Waals surface area contributed by atoms with E-state index in [1.807, 2.05) is 30.4 Å². The molecule has 1 aromatic carbocycles. The van der Waals surface area contributed by atoms with E-state index in [0.717, 1.165) is 0 Å². The molecule has 0 heterocycles. The number of para-hydroxylation sites is 1. The Hall–Kier alpha value is -2.10. The molecule has 0 aromatic heterocycles. The molecule has 1 aliphatic carbocycles. The minimum atomic E-state index is -0.910. The summed E-state index contributed by atoms with van der Waals surface area (Å²) in [5.74, 6) is -2.25. The van der Waals surface area contributed by atoms with Crippen molar-refractivity contribution in [1.82, 2.24) is 0 Å². The lowest BCUT2D eigenvalue weighted by Crippen LogP contribution is -2.34. The van der Waals surface area contributed by atoms with Crippen LogP contribution in [0.25, 0.3) is 0 Å². The number of hydrogen-bond acceptors (Lipinski definition) is 2. The molecule has 0 unspecified atom stereocenters. The van der Waals surface area contributed by atoms with Gasteiger partial charge in [0, 0.05) is 5.69 Å². The number of amides is 1. The molecule has 4 heteroatoms. The first kappa shape index (κ1) is 12.4.